The Bertz CT molecular complexity index is 574. The normalized spacial score (nSPS) is 10.4. The van der Waals surface area contributed by atoms with Gasteiger partial charge in [-0.2, -0.15) is 4.98 Å². The summed E-state index contributed by atoms with van der Waals surface area (Å²) in [4.78, 5) is 9.23. The first-order chi connectivity index (χ1) is 8.61. The molecule has 0 fully saturated rings. The van der Waals surface area contributed by atoms with Crippen molar-refractivity contribution in [3.05, 3.63) is 35.2 Å². The first kappa shape index (κ1) is 13.0. The second-order valence-corrected chi connectivity index (χ2v) is 4.85. The van der Waals surface area contributed by atoms with Gasteiger partial charge in [-0.25, -0.2) is 4.98 Å². The highest BCUT2D eigenvalue weighted by Gasteiger charge is 2.09. The molecule has 1 aromatic heterocycles. The SMILES string of the molecule is CSc1ccccc1Nc1nc(Cl)nc(C)c1N. The molecule has 6 heteroatoms. The third-order valence-electron chi connectivity index (χ3n) is 2.47. The summed E-state index contributed by atoms with van der Waals surface area (Å²) < 4.78 is 0. The number of thioether (sulfide) groups is 1. The molecule has 0 radical (unpaired) electrons. The van der Waals surface area contributed by atoms with Crippen LogP contribution in [0.15, 0.2) is 29.2 Å². The van der Waals surface area contributed by atoms with Crippen LogP contribution in [0, 0.1) is 6.92 Å². The first-order valence-corrected chi connectivity index (χ1v) is 6.91. The van der Waals surface area contributed by atoms with E-state index in [4.69, 9.17) is 17.3 Å². The number of aryl methyl sites for hydroxylation is 1. The largest absolute Gasteiger partial charge is 0.394 e. The fourth-order valence-electron chi connectivity index (χ4n) is 1.52. The van der Waals surface area contributed by atoms with Crippen LogP contribution in [-0.2, 0) is 0 Å². The molecule has 0 saturated carbocycles. The van der Waals surface area contributed by atoms with E-state index >= 15 is 0 Å². The summed E-state index contributed by atoms with van der Waals surface area (Å²) in [6.07, 6.45) is 2.02. The third-order valence-corrected chi connectivity index (χ3v) is 3.43. The van der Waals surface area contributed by atoms with Crippen LogP contribution in [-0.4, -0.2) is 16.2 Å². The Labute approximate surface area is 115 Å². The second-order valence-electron chi connectivity index (χ2n) is 3.67. The number of anilines is 3. The van der Waals surface area contributed by atoms with Crippen molar-refractivity contribution in [1.82, 2.24) is 9.97 Å². The molecule has 1 aromatic carbocycles. The molecule has 0 spiro atoms. The van der Waals surface area contributed by atoms with E-state index in [0.717, 1.165) is 10.6 Å². The molecule has 0 amide bonds. The van der Waals surface area contributed by atoms with Crippen molar-refractivity contribution in [2.24, 2.45) is 0 Å². The van der Waals surface area contributed by atoms with Gasteiger partial charge in [-0.05, 0) is 36.9 Å². The van der Waals surface area contributed by atoms with Gasteiger partial charge in [0, 0.05) is 4.90 Å². The molecule has 2 rings (SSSR count). The van der Waals surface area contributed by atoms with Crippen molar-refractivity contribution in [3.63, 3.8) is 0 Å². The zero-order chi connectivity index (χ0) is 13.1. The molecule has 0 saturated heterocycles. The highest BCUT2D eigenvalue weighted by molar-refractivity contribution is 7.98. The van der Waals surface area contributed by atoms with Gasteiger partial charge in [-0.3, -0.25) is 0 Å². The van der Waals surface area contributed by atoms with Gasteiger partial charge < -0.3 is 11.1 Å². The third kappa shape index (κ3) is 2.68. The zero-order valence-corrected chi connectivity index (χ0v) is 11.6. The molecule has 94 valence electrons. The van der Waals surface area contributed by atoms with Gasteiger partial charge in [0.2, 0.25) is 5.28 Å². The number of nitrogen functional groups attached to an aromatic ring is 1. The standard InChI is InChI=1S/C12H13ClN4S/c1-7-10(14)11(17-12(13)15-7)16-8-5-3-4-6-9(8)18-2/h3-6H,14H2,1-2H3,(H,15,16,17). The van der Waals surface area contributed by atoms with Crippen LogP contribution in [0.25, 0.3) is 0 Å². The molecular weight excluding hydrogens is 268 g/mol. The summed E-state index contributed by atoms with van der Waals surface area (Å²) >= 11 is 7.49. The lowest BCUT2D eigenvalue weighted by molar-refractivity contribution is 1.11. The van der Waals surface area contributed by atoms with E-state index < -0.39 is 0 Å². The highest BCUT2D eigenvalue weighted by atomic mass is 35.5. The molecule has 1 heterocycles. The minimum absolute atomic E-state index is 0.186. The minimum Gasteiger partial charge on any atom is -0.394 e. The van der Waals surface area contributed by atoms with E-state index in [0.29, 0.717) is 17.2 Å². The highest BCUT2D eigenvalue weighted by Crippen LogP contribution is 2.30. The maximum Gasteiger partial charge on any atom is 0.224 e. The predicted molar refractivity (Wildman–Crippen MR) is 77.7 cm³/mol. The van der Waals surface area contributed by atoms with Gasteiger partial charge in [0.15, 0.2) is 5.82 Å². The fourth-order valence-corrected chi connectivity index (χ4v) is 2.28. The van der Waals surface area contributed by atoms with Crippen LogP contribution < -0.4 is 11.1 Å². The number of nitrogens with two attached hydrogens (primary N) is 1. The van der Waals surface area contributed by atoms with Crippen molar-refractivity contribution in [3.8, 4) is 0 Å². The number of aromatic nitrogens is 2. The molecule has 3 N–H and O–H groups in total. The van der Waals surface area contributed by atoms with E-state index in [1.807, 2.05) is 30.5 Å². The van der Waals surface area contributed by atoms with Crippen molar-refractivity contribution in [1.29, 1.82) is 0 Å². The molecule has 0 atom stereocenters. The number of para-hydroxylation sites is 1. The first-order valence-electron chi connectivity index (χ1n) is 5.31. The Balaban J connectivity index is 2.40. The summed E-state index contributed by atoms with van der Waals surface area (Å²) in [5, 5.41) is 3.38. The lowest BCUT2D eigenvalue weighted by Crippen LogP contribution is -2.04. The van der Waals surface area contributed by atoms with Gasteiger partial charge in [0.05, 0.1) is 17.1 Å². The second kappa shape index (κ2) is 5.46. The van der Waals surface area contributed by atoms with Crippen molar-refractivity contribution in [2.45, 2.75) is 11.8 Å². The number of hydrogen-bond acceptors (Lipinski definition) is 5. The Kier molecular flexibility index (Phi) is 3.93. The average molecular weight is 281 g/mol. The quantitative estimate of drug-likeness (QED) is 0.666. The number of halogens is 1. The predicted octanol–water partition coefficient (Wildman–Crippen LogP) is 3.49. The number of benzene rings is 1. The fraction of sp³-hybridized carbons (Fsp3) is 0.167. The number of hydrogen-bond donors (Lipinski definition) is 2. The van der Waals surface area contributed by atoms with E-state index in [-0.39, 0.29) is 5.28 Å². The van der Waals surface area contributed by atoms with E-state index in [2.05, 4.69) is 15.3 Å². The topological polar surface area (TPSA) is 63.8 Å². The molecule has 4 nitrogen and oxygen atoms in total. The molecular formula is C12H13ClN4S. The minimum atomic E-state index is 0.186. The molecule has 0 aliphatic carbocycles. The summed E-state index contributed by atoms with van der Waals surface area (Å²) in [6.45, 7) is 1.80. The summed E-state index contributed by atoms with van der Waals surface area (Å²) in [6, 6.07) is 7.93. The molecule has 18 heavy (non-hydrogen) atoms. The van der Waals surface area contributed by atoms with E-state index in [9.17, 15) is 0 Å². The summed E-state index contributed by atoms with van der Waals surface area (Å²) in [5.74, 6) is 0.536. The Hall–Kier alpha value is -1.46. The number of rotatable bonds is 3. The van der Waals surface area contributed by atoms with E-state index in [1.54, 1.807) is 18.7 Å². The monoisotopic (exact) mass is 280 g/mol. The van der Waals surface area contributed by atoms with Crippen LogP contribution in [0.2, 0.25) is 5.28 Å². The van der Waals surface area contributed by atoms with Gasteiger partial charge in [-0.15, -0.1) is 11.8 Å². The lowest BCUT2D eigenvalue weighted by atomic mass is 10.3. The Morgan fingerprint density at radius 3 is 2.72 bits per heavy atom. The van der Waals surface area contributed by atoms with Crippen LogP contribution >= 0.6 is 23.4 Å². The zero-order valence-electron chi connectivity index (χ0n) is 10.1. The average Bonchev–Trinajstić information content (AvgIpc) is 2.36. The lowest BCUT2D eigenvalue weighted by Gasteiger charge is -2.12. The van der Waals surface area contributed by atoms with Gasteiger partial charge in [-0.1, -0.05) is 12.1 Å². The maximum atomic E-state index is 5.94. The van der Waals surface area contributed by atoms with Crippen LogP contribution in [0.1, 0.15) is 5.69 Å². The van der Waals surface area contributed by atoms with Crippen molar-refractivity contribution >= 4 is 40.6 Å². The van der Waals surface area contributed by atoms with Crippen LogP contribution in [0.4, 0.5) is 17.2 Å². The van der Waals surface area contributed by atoms with Crippen LogP contribution in [0.3, 0.4) is 0 Å². The number of nitrogens with one attached hydrogen (secondary N) is 1. The smallest absolute Gasteiger partial charge is 0.224 e. The molecule has 2 aromatic rings. The molecule has 0 aliphatic rings. The maximum absolute atomic E-state index is 5.94. The van der Waals surface area contributed by atoms with Crippen molar-refractivity contribution in [2.75, 3.05) is 17.3 Å². The van der Waals surface area contributed by atoms with Crippen molar-refractivity contribution < 1.29 is 0 Å². The molecule has 0 bridgehead atoms. The Morgan fingerprint density at radius 1 is 1.28 bits per heavy atom. The van der Waals surface area contributed by atoms with Crippen LogP contribution in [0.5, 0.6) is 0 Å². The number of nitrogens with zero attached hydrogens (tertiary/aromatic N) is 2. The molecule has 0 aliphatic heterocycles. The van der Waals surface area contributed by atoms with Gasteiger partial charge >= 0.3 is 0 Å². The van der Waals surface area contributed by atoms with E-state index in [1.165, 1.54) is 0 Å². The van der Waals surface area contributed by atoms with Gasteiger partial charge in [0.25, 0.3) is 0 Å². The molecule has 0 unspecified atom stereocenters. The Morgan fingerprint density at radius 2 is 2.00 bits per heavy atom. The summed E-state index contributed by atoms with van der Waals surface area (Å²) in [7, 11) is 0. The summed E-state index contributed by atoms with van der Waals surface area (Å²) in [5.41, 5.74) is 8.06. The van der Waals surface area contributed by atoms with Gasteiger partial charge in [0.1, 0.15) is 0 Å².